The van der Waals surface area contributed by atoms with Gasteiger partial charge >= 0.3 is 5.97 Å². The molecule has 0 aliphatic carbocycles. The van der Waals surface area contributed by atoms with Crippen LogP contribution < -0.4 is 0 Å². The smallest absolute Gasteiger partial charge is 0.308 e. The number of nitrogens with zero attached hydrogens (tertiary/aromatic N) is 1. The molecule has 2 atom stereocenters. The predicted octanol–water partition coefficient (Wildman–Crippen LogP) is 3.70. The maximum atomic E-state index is 12.7. The molecule has 0 saturated carbocycles. The van der Waals surface area contributed by atoms with Crippen LogP contribution in [-0.2, 0) is 16.0 Å². The molecule has 5 heteroatoms. The summed E-state index contributed by atoms with van der Waals surface area (Å²) < 4.78 is 5.87. The number of carboxylic acids is 1. The van der Waals surface area contributed by atoms with Crippen molar-refractivity contribution in [3.8, 4) is 0 Å². The van der Waals surface area contributed by atoms with E-state index in [-0.39, 0.29) is 24.8 Å². The second kappa shape index (κ2) is 6.48. The topological polar surface area (TPSA) is 70.8 Å². The third kappa shape index (κ3) is 3.05. The molecule has 2 heterocycles. The van der Waals surface area contributed by atoms with Gasteiger partial charge in [0.15, 0.2) is 0 Å². The Morgan fingerprint density at radius 3 is 2.77 bits per heavy atom. The van der Waals surface area contributed by atoms with E-state index in [0.717, 1.165) is 21.7 Å². The average Bonchev–Trinajstić information content (AvgIpc) is 3.04. The van der Waals surface area contributed by atoms with Crippen LogP contribution in [0.2, 0.25) is 0 Å². The fourth-order valence-corrected chi connectivity index (χ4v) is 3.93. The summed E-state index contributed by atoms with van der Waals surface area (Å²) in [5.74, 6) is -0.585. The Morgan fingerprint density at radius 2 is 1.96 bits per heavy atom. The lowest BCUT2D eigenvalue weighted by atomic mass is 9.90. The fourth-order valence-electron chi connectivity index (χ4n) is 3.93. The summed E-state index contributed by atoms with van der Waals surface area (Å²) in [6, 6.07) is 13.9. The van der Waals surface area contributed by atoms with E-state index in [1.54, 1.807) is 4.90 Å². The zero-order chi connectivity index (χ0) is 18.3. The lowest BCUT2D eigenvalue weighted by Crippen LogP contribution is -2.46. The van der Waals surface area contributed by atoms with Crippen LogP contribution in [0.5, 0.6) is 0 Å². The molecule has 26 heavy (non-hydrogen) atoms. The molecule has 1 aliphatic rings. The number of carbonyl (C=O) groups excluding carboxylic acids is 1. The van der Waals surface area contributed by atoms with Gasteiger partial charge in [0.2, 0.25) is 5.91 Å². The number of fused-ring (bicyclic) bond motifs is 3. The Labute approximate surface area is 151 Å². The maximum absolute atomic E-state index is 12.7. The minimum Gasteiger partial charge on any atom is -0.481 e. The molecule has 1 amide bonds. The van der Waals surface area contributed by atoms with Crippen LogP contribution in [0.1, 0.15) is 19.1 Å². The van der Waals surface area contributed by atoms with Gasteiger partial charge in [-0.1, -0.05) is 37.3 Å². The van der Waals surface area contributed by atoms with Crippen LogP contribution in [0.25, 0.3) is 21.7 Å². The molecule has 134 valence electrons. The number of carboxylic acid groups (broad SMARTS) is 1. The number of benzene rings is 2. The minimum absolute atomic E-state index is 0.0776. The average molecular weight is 351 g/mol. The van der Waals surface area contributed by atoms with Crippen LogP contribution in [0.4, 0.5) is 0 Å². The second-order valence-corrected chi connectivity index (χ2v) is 7.26. The molecule has 5 nitrogen and oxygen atoms in total. The first-order chi connectivity index (χ1) is 12.5. The van der Waals surface area contributed by atoms with E-state index in [2.05, 4.69) is 0 Å². The summed E-state index contributed by atoms with van der Waals surface area (Å²) in [7, 11) is 0. The summed E-state index contributed by atoms with van der Waals surface area (Å²) >= 11 is 0. The summed E-state index contributed by atoms with van der Waals surface area (Å²) in [4.78, 5) is 25.7. The Balaban J connectivity index is 1.57. The highest BCUT2D eigenvalue weighted by Crippen LogP contribution is 2.29. The molecule has 1 N–H and O–H groups in total. The Kier molecular flexibility index (Phi) is 4.15. The van der Waals surface area contributed by atoms with E-state index in [9.17, 15) is 14.7 Å². The van der Waals surface area contributed by atoms with Gasteiger partial charge in [0, 0.05) is 18.5 Å². The van der Waals surface area contributed by atoms with Gasteiger partial charge in [-0.2, -0.15) is 0 Å². The van der Waals surface area contributed by atoms with Gasteiger partial charge < -0.3 is 14.4 Å². The van der Waals surface area contributed by atoms with E-state index in [1.165, 1.54) is 0 Å². The van der Waals surface area contributed by atoms with Gasteiger partial charge in [-0.25, -0.2) is 0 Å². The molecule has 1 aliphatic heterocycles. The number of piperidine rings is 1. The van der Waals surface area contributed by atoms with Crippen LogP contribution in [0.3, 0.4) is 0 Å². The third-order valence-electron chi connectivity index (χ3n) is 5.16. The zero-order valence-corrected chi connectivity index (χ0v) is 14.6. The Morgan fingerprint density at radius 1 is 1.15 bits per heavy atom. The van der Waals surface area contributed by atoms with E-state index in [4.69, 9.17) is 4.42 Å². The summed E-state index contributed by atoms with van der Waals surface area (Å²) in [5.41, 5.74) is 0.766. The number of rotatable bonds is 3. The Hall–Kier alpha value is -2.82. The van der Waals surface area contributed by atoms with Gasteiger partial charge in [-0.15, -0.1) is 0 Å². The largest absolute Gasteiger partial charge is 0.481 e. The van der Waals surface area contributed by atoms with Crippen molar-refractivity contribution in [2.75, 3.05) is 13.1 Å². The van der Waals surface area contributed by atoms with Crippen molar-refractivity contribution >= 4 is 33.6 Å². The van der Waals surface area contributed by atoms with Crippen LogP contribution in [-0.4, -0.2) is 35.0 Å². The number of amides is 1. The standard InChI is InChI=1S/C21H21NO4/c1-13-8-15(21(24)25)12-22(11-13)20(23)10-16-9-18-17-5-3-2-4-14(17)6-7-19(18)26-16/h2-7,9,13,15H,8,10-12H2,1H3,(H,24,25). The van der Waals surface area contributed by atoms with Crippen LogP contribution >= 0.6 is 0 Å². The number of carbonyl (C=O) groups is 2. The first-order valence-corrected chi connectivity index (χ1v) is 8.92. The zero-order valence-electron chi connectivity index (χ0n) is 14.6. The molecule has 0 spiro atoms. The first-order valence-electron chi connectivity index (χ1n) is 8.92. The Bertz CT molecular complexity index is 990. The molecule has 4 rings (SSSR count). The van der Waals surface area contributed by atoms with E-state index in [0.29, 0.717) is 18.7 Å². The summed E-state index contributed by atoms with van der Waals surface area (Å²) in [6.07, 6.45) is 0.776. The van der Waals surface area contributed by atoms with E-state index >= 15 is 0 Å². The number of furan rings is 1. The van der Waals surface area contributed by atoms with Gasteiger partial charge in [-0.3, -0.25) is 9.59 Å². The molecule has 0 bridgehead atoms. The molecular weight excluding hydrogens is 330 g/mol. The minimum atomic E-state index is -0.829. The SMILES string of the molecule is CC1CC(C(=O)O)CN(C(=O)Cc2cc3c(ccc4ccccc43)o2)C1. The quantitative estimate of drug-likeness (QED) is 0.781. The molecule has 2 aromatic carbocycles. The predicted molar refractivity (Wildman–Crippen MR) is 98.9 cm³/mol. The lowest BCUT2D eigenvalue weighted by Gasteiger charge is -2.34. The van der Waals surface area contributed by atoms with Crippen molar-refractivity contribution in [1.82, 2.24) is 4.90 Å². The van der Waals surface area contributed by atoms with Gasteiger partial charge in [0.25, 0.3) is 0 Å². The first kappa shape index (κ1) is 16.6. The van der Waals surface area contributed by atoms with Gasteiger partial charge in [0.05, 0.1) is 12.3 Å². The van der Waals surface area contributed by atoms with E-state index in [1.807, 2.05) is 49.4 Å². The number of hydrogen-bond acceptors (Lipinski definition) is 3. The lowest BCUT2D eigenvalue weighted by molar-refractivity contribution is -0.146. The van der Waals surface area contributed by atoms with Crippen LogP contribution in [0.15, 0.2) is 46.9 Å². The summed E-state index contributed by atoms with van der Waals surface area (Å²) in [5, 5.41) is 12.5. The van der Waals surface area contributed by atoms with Gasteiger partial charge in [0.1, 0.15) is 11.3 Å². The number of likely N-dealkylation sites (tertiary alicyclic amines) is 1. The fraction of sp³-hybridized carbons (Fsp3) is 0.333. The molecule has 1 fully saturated rings. The van der Waals surface area contributed by atoms with Gasteiger partial charge in [-0.05, 0) is 35.2 Å². The van der Waals surface area contributed by atoms with Crippen molar-refractivity contribution in [1.29, 1.82) is 0 Å². The second-order valence-electron chi connectivity index (χ2n) is 7.26. The molecule has 2 unspecified atom stereocenters. The summed E-state index contributed by atoms with van der Waals surface area (Å²) in [6.45, 7) is 2.87. The highest BCUT2D eigenvalue weighted by Gasteiger charge is 2.32. The van der Waals surface area contributed by atoms with Crippen molar-refractivity contribution < 1.29 is 19.1 Å². The monoisotopic (exact) mass is 351 g/mol. The molecule has 0 radical (unpaired) electrons. The maximum Gasteiger partial charge on any atom is 0.308 e. The van der Waals surface area contributed by atoms with Crippen molar-refractivity contribution in [3.05, 3.63) is 48.2 Å². The highest BCUT2D eigenvalue weighted by molar-refractivity contribution is 6.06. The molecular formula is C21H21NO4. The molecule has 3 aromatic rings. The van der Waals surface area contributed by atoms with E-state index < -0.39 is 11.9 Å². The van der Waals surface area contributed by atoms with Crippen molar-refractivity contribution in [2.45, 2.75) is 19.8 Å². The highest BCUT2D eigenvalue weighted by atomic mass is 16.4. The number of aliphatic carboxylic acids is 1. The molecule has 1 saturated heterocycles. The van der Waals surface area contributed by atoms with Crippen LogP contribution in [0, 0.1) is 11.8 Å². The normalized spacial score (nSPS) is 20.6. The van der Waals surface area contributed by atoms with Crippen molar-refractivity contribution in [3.63, 3.8) is 0 Å². The van der Waals surface area contributed by atoms with Crippen molar-refractivity contribution in [2.24, 2.45) is 11.8 Å². The third-order valence-corrected chi connectivity index (χ3v) is 5.16. The molecule has 1 aromatic heterocycles. The number of hydrogen-bond donors (Lipinski definition) is 1.